The van der Waals surface area contributed by atoms with Gasteiger partial charge in [0.25, 0.3) is 11.5 Å². The van der Waals surface area contributed by atoms with Crippen LogP contribution in [0.15, 0.2) is 23.0 Å². The second-order valence-corrected chi connectivity index (χ2v) is 7.47. The molecule has 1 aromatic carbocycles. The zero-order chi connectivity index (χ0) is 19.7. The molecule has 3 aromatic rings. The molecule has 9 heteroatoms. The molecule has 4 rings (SSSR count). The molecular weight excluding hydrogens is 363 g/mol. The van der Waals surface area contributed by atoms with Crippen molar-refractivity contribution in [3.8, 4) is 0 Å². The van der Waals surface area contributed by atoms with Gasteiger partial charge in [0.15, 0.2) is 11.2 Å². The van der Waals surface area contributed by atoms with Crippen molar-refractivity contribution in [2.75, 3.05) is 26.2 Å². The Morgan fingerprint density at radius 3 is 3.11 bits per heavy atom. The van der Waals surface area contributed by atoms with Crippen molar-refractivity contribution in [3.63, 3.8) is 0 Å². The molecular formula is C19H23FN6O2. The normalized spacial score (nSPS) is 18.0. The van der Waals surface area contributed by atoms with E-state index in [1.807, 2.05) is 0 Å². The molecule has 1 amide bonds. The summed E-state index contributed by atoms with van der Waals surface area (Å²) in [6.45, 7) is 5.91. The highest BCUT2D eigenvalue weighted by atomic mass is 19.1. The van der Waals surface area contributed by atoms with Gasteiger partial charge in [-0.3, -0.25) is 9.59 Å². The Morgan fingerprint density at radius 1 is 1.43 bits per heavy atom. The molecule has 1 fully saturated rings. The van der Waals surface area contributed by atoms with Crippen molar-refractivity contribution in [3.05, 3.63) is 40.1 Å². The molecule has 2 N–H and O–H groups in total. The lowest BCUT2D eigenvalue weighted by Gasteiger charge is -2.30. The number of rotatable bonds is 5. The number of aromatic nitrogens is 4. The van der Waals surface area contributed by atoms with E-state index in [1.165, 1.54) is 35.6 Å². The lowest BCUT2D eigenvalue weighted by atomic mass is 10.0. The van der Waals surface area contributed by atoms with Crippen LogP contribution in [-0.4, -0.2) is 56.8 Å². The molecule has 3 heterocycles. The fourth-order valence-corrected chi connectivity index (χ4v) is 3.86. The number of halogens is 1. The minimum absolute atomic E-state index is 0.0286. The number of fused-ring (bicyclic) bond motifs is 3. The molecule has 0 bridgehead atoms. The molecule has 1 aliphatic rings. The lowest BCUT2D eigenvalue weighted by molar-refractivity contribution is 0.0946. The van der Waals surface area contributed by atoms with Crippen LogP contribution >= 0.6 is 0 Å². The van der Waals surface area contributed by atoms with E-state index in [9.17, 15) is 14.0 Å². The number of likely N-dealkylation sites (tertiary alicyclic amines) is 1. The Hall–Kier alpha value is -2.81. The predicted molar refractivity (Wildman–Crippen MR) is 103 cm³/mol. The summed E-state index contributed by atoms with van der Waals surface area (Å²) in [6.07, 6.45) is 3.33. The van der Waals surface area contributed by atoms with E-state index in [1.54, 1.807) is 0 Å². The van der Waals surface area contributed by atoms with Gasteiger partial charge < -0.3 is 15.2 Å². The molecule has 0 aliphatic carbocycles. The Bertz CT molecular complexity index is 1080. The molecule has 1 atom stereocenters. The number of aromatic amines is 1. The highest BCUT2D eigenvalue weighted by Crippen LogP contribution is 2.16. The first kappa shape index (κ1) is 18.5. The van der Waals surface area contributed by atoms with Crippen LogP contribution in [0.1, 0.15) is 36.7 Å². The monoisotopic (exact) mass is 386 g/mol. The number of nitrogens with zero attached hydrogens (tertiary/aromatic N) is 4. The first-order chi connectivity index (χ1) is 13.5. The minimum Gasteiger partial charge on any atom is -0.351 e. The van der Waals surface area contributed by atoms with E-state index in [2.05, 4.69) is 32.4 Å². The lowest BCUT2D eigenvalue weighted by Crippen LogP contribution is -2.36. The maximum atomic E-state index is 13.4. The highest BCUT2D eigenvalue weighted by molar-refractivity contribution is 5.99. The fourth-order valence-electron chi connectivity index (χ4n) is 3.86. The van der Waals surface area contributed by atoms with Crippen molar-refractivity contribution in [2.45, 2.75) is 26.2 Å². The Labute approximate surface area is 160 Å². The summed E-state index contributed by atoms with van der Waals surface area (Å²) in [4.78, 5) is 29.9. The van der Waals surface area contributed by atoms with Gasteiger partial charge in [-0.05, 0) is 56.5 Å². The maximum absolute atomic E-state index is 13.4. The van der Waals surface area contributed by atoms with Crippen molar-refractivity contribution in [2.24, 2.45) is 5.92 Å². The smallest absolute Gasteiger partial charge is 0.277 e. The number of nitrogens with one attached hydrogen (secondary N) is 2. The number of carbonyl (C=O) groups is 1. The fraction of sp³-hybridized carbons (Fsp3) is 0.474. The van der Waals surface area contributed by atoms with E-state index in [-0.39, 0.29) is 11.2 Å². The number of H-pyrrole nitrogens is 1. The third-order valence-electron chi connectivity index (χ3n) is 5.21. The average Bonchev–Trinajstić information content (AvgIpc) is 3.11. The number of benzene rings is 1. The third kappa shape index (κ3) is 3.62. The number of hydrogen-bond acceptors (Lipinski definition) is 5. The Balaban J connectivity index is 1.46. The molecule has 8 nitrogen and oxygen atoms in total. The summed E-state index contributed by atoms with van der Waals surface area (Å²) < 4.78 is 14.7. The van der Waals surface area contributed by atoms with Gasteiger partial charge in [0, 0.05) is 13.1 Å². The summed E-state index contributed by atoms with van der Waals surface area (Å²) >= 11 is 0. The van der Waals surface area contributed by atoms with Crippen molar-refractivity contribution >= 4 is 22.5 Å². The van der Waals surface area contributed by atoms with Gasteiger partial charge in [0.1, 0.15) is 5.82 Å². The van der Waals surface area contributed by atoms with Crippen LogP contribution in [0.25, 0.3) is 16.6 Å². The molecule has 0 saturated carbocycles. The van der Waals surface area contributed by atoms with Crippen LogP contribution in [0.3, 0.4) is 0 Å². The van der Waals surface area contributed by atoms with Gasteiger partial charge in [-0.15, -0.1) is 5.10 Å². The number of amides is 1. The third-order valence-corrected chi connectivity index (χ3v) is 5.21. The zero-order valence-corrected chi connectivity index (χ0v) is 15.7. The number of carbonyl (C=O) groups excluding carboxylic acids is 1. The molecule has 1 saturated heterocycles. The van der Waals surface area contributed by atoms with E-state index >= 15 is 0 Å². The topological polar surface area (TPSA) is 95.4 Å². The van der Waals surface area contributed by atoms with E-state index in [0.717, 1.165) is 32.0 Å². The largest absolute Gasteiger partial charge is 0.351 e. The van der Waals surface area contributed by atoms with Crippen LogP contribution in [-0.2, 0) is 0 Å². The molecule has 0 unspecified atom stereocenters. The SMILES string of the molecule is C[C@@H]1CCCN(CCCNC(=O)c2nnn3c2c(=O)[nH]c2cc(F)ccc23)C1. The zero-order valence-electron chi connectivity index (χ0n) is 15.7. The molecule has 1 aliphatic heterocycles. The van der Waals surface area contributed by atoms with Gasteiger partial charge in [-0.25, -0.2) is 8.91 Å². The first-order valence-electron chi connectivity index (χ1n) is 9.60. The summed E-state index contributed by atoms with van der Waals surface area (Å²) in [6, 6.07) is 3.96. The van der Waals surface area contributed by atoms with Crippen LogP contribution in [0.4, 0.5) is 4.39 Å². The Morgan fingerprint density at radius 2 is 2.29 bits per heavy atom. The van der Waals surface area contributed by atoms with Crippen LogP contribution in [0, 0.1) is 11.7 Å². The Kier molecular flexibility index (Phi) is 5.08. The summed E-state index contributed by atoms with van der Waals surface area (Å²) in [5.74, 6) is -0.181. The van der Waals surface area contributed by atoms with Gasteiger partial charge in [-0.2, -0.15) is 0 Å². The maximum Gasteiger partial charge on any atom is 0.277 e. The molecule has 2 aromatic heterocycles. The van der Waals surface area contributed by atoms with Gasteiger partial charge >= 0.3 is 0 Å². The van der Waals surface area contributed by atoms with Crippen LogP contribution < -0.4 is 10.9 Å². The summed E-state index contributed by atoms with van der Waals surface area (Å²) in [7, 11) is 0. The molecule has 0 spiro atoms. The summed E-state index contributed by atoms with van der Waals surface area (Å²) in [5, 5.41) is 10.6. The van der Waals surface area contributed by atoms with E-state index < -0.39 is 17.3 Å². The van der Waals surface area contributed by atoms with Gasteiger partial charge in [0.05, 0.1) is 11.0 Å². The average molecular weight is 386 g/mol. The van der Waals surface area contributed by atoms with E-state index in [4.69, 9.17) is 0 Å². The summed E-state index contributed by atoms with van der Waals surface area (Å²) in [5.41, 5.74) is 0.267. The molecule has 148 valence electrons. The minimum atomic E-state index is -0.532. The molecule has 0 radical (unpaired) electrons. The van der Waals surface area contributed by atoms with Gasteiger partial charge in [-0.1, -0.05) is 12.1 Å². The standard InChI is InChI=1S/C19H23FN6O2/c1-12-4-2-8-25(11-12)9-3-7-21-18(27)16-17-19(28)22-14-10-13(20)5-6-15(14)26(17)24-23-16/h5-6,10,12H,2-4,7-9,11H2,1H3,(H,21,27)(H,22,28)/t12-/m1/s1. The number of piperidine rings is 1. The predicted octanol–water partition coefficient (Wildman–Crippen LogP) is 1.56. The van der Waals surface area contributed by atoms with Crippen molar-refractivity contribution in [1.29, 1.82) is 0 Å². The number of hydrogen-bond donors (Lipinski definition) is 2. The first-order valence-corrected chi connectivity index (χ1v) is 9.60. The van der Waals surface area contributed by atoms with Crippen LogP contribution in [0.2, 0.25) is 0 Å². The highest BCUT2D eigenvalue weighted by Gasteiger charge is 2.20. The van der Waals surface area contributed by atoms with Gasteiger partial charge in [0.2, 0.25) is 0 Å². The van der Waals surface area contributed by atoms with Crippen LogP contribution in [0.5, 0.6) is 0 Å². The quantitative estimate of drug-likeness (QED) is 0.649. The second kappa shape index (κ2) is 7.67. The van der Waals surface area contributed by atoms with Crippen molar-refractivity contribution < 1.29 is 9.18 Å². The van der Waals surface area contributed by atoms with E-state index in [0.29, 0.717) is 17.6 Å². The molecule has 28 heavy (non-hydrogen) atoms. The van der Waals surface area contributed by atoms with Crippen molar-refractivity contribution in [1.82, 2.24) is 30.0 Å². The second-order valence-electron chi connectivity index (χ2n) is 7.47.